The largest absolute Gasteiger partial charge is 0.476 e. The molecule has 1 N–H and O–H groups in total. The molecule has 0 bridgehead atoms. The zero-order valence-electron chi connectivity index (χ0n) is 8.47. The Labute approximate surface area is 87.5 Å². The van der Waals surface area contributed by atoms with Crippen LogP contribution < -0.4 is 10.1 Å². The molecule has 0 unspecified atom stereocenters. The lowest BCUT2D eigenvalue weighted by Gasteiger charge is -2.04. The molecule has 0 fully saturated rings. The van der Waals surface area contributed by atoms with Gasteiger partial charge in [0.25, 0.3) is 0 Å². The minimum Gasteiger partial charge on any atom is -0.476 e. The van der Waals surface area contributed by atoms with E-state index in [0.29, 0.717) is 18.1 Å². The second kappa shape index (κ2) is 4.65. The Hall–Kier alpha value is -1.75. The van der Waals surface area contributed by atoms with E-state index in [1.165, 1.54) is 0 Å². The van der Waals surface area contributed by atoms with Crippen LogP contribution in [-0.2, 0) is 0 Å². The van der Waals surface area contributed by atoms with Crippen LogP contribution in [0.5, 0.6) is 5.88 Å². The highest BCUT2D eigenvalue weighted by atomic mass is 16.5. The summed E-state index contributed by atoms with van der Waals surface area (Å²) in [7, 11) is 1.88. The molecular formula is C10H12N4O. The molecule has 15 heavy (non-hydrogen) atoms. The number of ether oxygens (including phenoxy) is 1. The van der Waals surface area contributed by atoms with Gasteiger partial charge in [0.05, 0.1) is 0 Å². The standard InChI is InChI=1S/C10H12N4O/c1-11-6-7-15-9-3-2-8-10(14-9)13-5-4-12-8/h2-5,11H,6-7H2,1H3. The zero-order valence-corrected chi connectivity index (χ0v) is 8.47. The molecule has 0 spiro atoms. The average molecular weight is 204 g/mol. The van der Waals surface area contributed by atoms with Crippen LogP contribution in [0.1, 0.15) is 0 Å². The molecule has 78 valence electrons. The highest BCUT2D eigenvalue weighted by Crippen LogP contribution is 2.11. The van der Waals surface area contributed by atoms with Crippen LogP contribution >= 0.6 is 0 Å². The summed E-state index contributed by atoms with van der Waals surface area (Å²) in [6.07, 6.45) is 3.26. The second-order valence-electron chi connectivity index (χ2n) is 3.00. The summed E-state index contributed by atoms with van der Waals surface area (Å²) >= 11 is 0. The fourth-order valence-corrected chi connectivity index (χ4v) is 1.18. The van der Waals surface area contributed by atoms with Crippen LogP contribution in [-0.4, -0.2) is 35.2 Å². The van der Waals surface area contributed by atoms with Crippen molar-refractivity contribution in [2.24, 2.45) is 0 Å². The minimum absolute atomic E-state index is 0.582. The molecule has 0 amide bonds. The van der Waals surface area contributed by atoms with Gasteiger partial charge in [0.15, 0.2) is 5.65 Å². The van der Waals surface area contributed by atoms with Crippen LogP contribution in [0.2, 0.25) is 0 Å². The number of nitrogens with one attached hydrogen (secondary N) is 1. The van der Waals surface area contributed by atoms with Gasteiger partial charge in [-0.2, -0.15) is 4.98 Å². The van der Waals surface area contributed by atoms with Gasteiger partial charge in [0, 0.05) is 25.0 Å². The maximum Gasteiger partial charge on any atom is 0.215 e. The molecule has 0 aliphatic rings. The SMILES string of the molecule is CNCCOc1ccc2nccnc2n1. The van der Waals surface area contributed by atoms with E-state index in [1.807, 2.05) is 13.1 Å². The summed E-state index contributed by atoms with van der Waals surface area (Å²) in [5.74, 6) is 0.582. The number of fused-ring (bicyclic) bond motifs is 1. The van der Waals surface area contributed by atoms with Gasteiger partial charge in [-0.05, 0) is 13.1 Å². The van der Waals surface area contributed by atoms with E-state index in [0.717, 1.165) is 12.1 Å². The van der Waals surface area contributed by atoms with Gasteiger partial charge < -0.3 is 10.1 Å². The first-order valence-electron chi connectivity index (χ1n) is 4.75. The zero-order chi connectivity index (χ0) is 10.5. The van der Waals surface area contributed by atoms with Crippen LogP contribution in [0, 0.1) is 0 Å². The topological polar surface area (TPSA) is 59.9 Å². The summed E-state index contributed by atoms with van der Waals surface area (Å²) < 4.78 is 5.41. The van der Waals surface area contributed by atoms with E-state index in [1.54, 1.807) is 18.5 Å². The summed E-state index contributed by atoms with van der Waals surface area (Å²) in [5, 5.41) is 2.99. The lowest BCUT2D eigenvalue weighted by atomic mass is 10.4. The Balaban J connectivity index is 2.16. The maximum atomic E-state index is 5.41. The number of hydrogen-bond acceptors (Lipinski definition) is 5. The highest BCUT2D eigenvalue weighted by Gasteiger charge is 1.99. The molecule has 2 rings (SSSR count). The highest BCUT2D eigenvalue weighted by molar-refractivity contribution is 5.69. The molecule has 0 aliphatic carbocycles. The summed E-state index contributed by atoms with van der Waals surface area (Å²) in [5.41, 5.74) is 1.39. The van der Waals surface area contributed by atoms with Crippen molar-refractivity contribution >= 4 is 11.2 Å². The van der Waals surface area contributed by atoms with Crippen molar-refractivity contribution in [3.8, 4) is 5.88 Å². The molecular weight excluding hydrogens is 192 g/mol. The van der Waals surface area contributed by atoms with Crippen LogP contribution in [0.3, 0.4) is 0 Å². The Kier molecular flexibility index (Phi) is 3.04. The maximum absolute atomic E-state index is 5.41. The monoisotopic (exact) mass is 204 g/mol. The third kappa shape index (κ3) is 2.38. The second-order valence-corrected chi connectivity index (χ2v) is 3.00. The molecule has 0 radical (unpaired) electrons. The number of pyridine rings is 1. The quantitative estimate of drug-likeness (QED) is 0.740. The van der Waals surface area contributed by atoms with Gasteiger partial charge in [0.1, 0.15) is 12.1 Å². The lowest BCUT2D eigenvalue weighted by Crippen LogP contribution is -2.16. The van der Waals surface area contributed by atoms with Crippen molar-refractivity contribution < 1.29 is 4.74 Å². The Morgan fingerprint density at radius 3 is 3.00 bits per heavy atom. The number of rotatable bonds is 4. The summed E-state index contributed by atoms with van der Waals surface area (Å²) in [6.45, 7) is 1.38. The van der Waals surface area contributed by atoms with Gasteiger partial charge in [-0.25, -0.2) is 4.98 Å². The first-order valence-corrected chi connectivity index (χ1v) is 4.75. The predicted molar refractivity (Wildman–Crippen MR) is 56.8 cm³/mol. The molecule has 5 heteroatoms. The van der Waals surface area contributed by atoms with Crippen molar-refractivity contribution in [2.45, 2.75) is 0 Å². The van der Waals surface area contributed by atoms with E-state index < -0.39 is 0 Å². The van der Waals surface area contributed by atoms with Crippen LogP contribution in [0.4, 0.5) is 0 Å². The first kappa shape index (κ1) is 9.79. The third-order valence-corrected chi connectivity index (χ3v) is 1.91. The summed E-state index contributed by atoms with van der Waals surface area (Å²) in [4.78, 5) is 12.5. The number of likely N-dealkylation sites (N-methyl/N-ethyl adjacent to an activating group) is 1. The van der Waals surface area contributed by atoms with E-state index in [-0.39, 0.29) is 0 Å². The Morgan fingerprint density at radius 2 is 2.13 bits per heavy atom. The molecule has 2 aromatic rings. The lowest BCUT2D eigenvalue weighted by molar-refractivity contribution is 0.307. The van der Waals surface area contributed by atoms with Gasteiger partial charge in [-0.15, -0.1) is 0 Å². The molecule has 2 aromatic heterocycles. The molecule has 0 saturated heterocycles. The molecule has 5 nitrogen and oxygen atoms in total. The number of hydrogen-bond donors (Lipinski definition) is 1. The predicted octanol–water partition coefficient (Wildman–Crippen LogP) is 0.623. The van der Waals surface area contributed by atoms with E-state index in [2.05, 4.69) is 20.3 Å². The van der Waals surface area contributed by atoms with Crippen LogP contribution in [0.15, 0.2) is 24.5 Å². The minimum atomic E-state index is 0.582. The molecule has 2 heterocycles. The van der Waals surface area contributed by atoms with Crippen LogP contribution in [0.25, 0.3) is 11.2 Å². The fourth-order valence-electron chi connectivity index (χ4n) is 1.18. The van der Waals surface area contributed by atoms with Gasteiger partial charge in [-0.3, -0.25) is 4.98 Å². The molecule has 0 saturated carbocycles. The third-order valence-electron chi connectivity index (χ3n) is 1.91. The smallest absolute Gasteiger partial charge is 0.215 e. The summed E-state index contributed by atoms with van der Waals surface area (Å²) in [6, 6.07) is 3.65. The molecule has 0 aliphatic heterocycles. The van der Waals surface area contributed by atoms with Crippen molar-refractivity contribution in [2.75, 3.05) is 20.2 Å². The van der Waals surface area contributed by atoms with Crippen molar-refractivity contribution in [1.29, 1.82) is 0 Å². The van der Waals surface area contributed by atoms with E-state index in [9.17, 15) is 0 Å². The van der Waals surface area contributed by atoms with Crippen molar-refractivity contribution in [1.82, 2.24) is 20.3 Å². The molecule has 0 aromatic carbocycles. The van der Waals surface area contributed by atoms with E-state index >= 15 is 0 Å². The number of aromatic nitrogens is 3. The van der Waals surface area contributed by atoms with E-state index in [4.69, 9.17) is 4.74 Å². The first-order chi connectivity index (χ1) is 7.40. The van der Waals surface area contributed by atoms with Gasteiger partial charge >= 0.3 is 0 Å². The fraction of sp³-hybridized carbons (Fsp3) is 0.300. The van der Waals surface area contributed by atoms with Gasteiger partial charge in [-0.1, -0.05) is 0 Å². The number of nitrogens with zero attached hydrogens (tertiary/aromatic N) is 3. The molecule has 0 atom stereocenters. The van der Waals surface area contributed by atoms with Gasteiger partial charge in [0.2, 0.25) is 5.88 Å². The normalized spacial score (nSPS) is 10.5. The Bertz CT molecular complexity index is 446. The Morgan fingerprint density at radius 1 is 1.27 bits per heavy atom. The van der Waals surface area contributed by atoms with Crippen molar-refractivity contribution in [3.05, 3.63) is 24.5 Å². The average Bonchev–Trinajstić information content (AvgIpc) is 2.29. The van der Waals surface area contributed by atoms with Crippen molar-refractivity contribution in [3.63, 3.8) is 0 Å².